The van der Waals surface area contributed by atoms with Gasteiger partial charge in [-0.1, -0.05) is 12.1 Å². The minimum atomic E-state index is -4.23. The van der Waals surface area contributed by atoms with Gasteiger partial charge in [-0.2, -0.15) is 18.4 Å². The number of hydrogen-bond donors (Lipinski definition) is 0. The van der Waals surface area contributed by atoms with Crippen LogP contribution in [0, 0.1) is 16.7 Å². The van der Waals surface area contributed by atoms with Crippen molar-refractivity contribution in [3.05, 3.63) is 29.8 Å². The molecule has 0 bridgehead atoms. The molecule has 1 aliphatic carbocycles. The van der Waals surface area contributed by atoms with Gasteiger partial charge < -0.3 is 4.74 Å². The topological polar surface area (TPSA) is 33.0 Å². The Morgan fingerprint density at radius 2 is 1.94 bits per heavy atom. The van der Waals surface area contributed by atoms with Crippen LogP contribution in [0.2, 0.25) is 0 Å². The molecule has 0 aliphatic heterocycles. The lowest BCUT2D eigenvalue weighted by molar-refractivity contribution is -0.194. The Morgan fingerprint density at radius 1 is 1.29 bits per heavy atom. The Labute approximate surface area is 96.6 Å². The molecule has 1 aromatic carbocycles. The first kappa shape index (κ1) is 11.8. The van der Waals surface area contributed by atoms with E-state index in [-0.39, 0.29) is 24.2 Å². The molecule has 0 heterocycles. The van der Waals surface area contributed by atoms with Crippen molar-refractivity contribution in [2.75, 3.05) is 6.61 Å². The summed E-state index contributed by atoms with van der Waals surface area (Å²) in [6.45, 7) is -0.408. The van der Waals surface area contributed by atoms with Crippen molar-refractivity contribution in [2.24, 2.45) is 5.41 Å². The molecular weight excluding hydrogens is 231 g/mol. The van der Waals surface area contributed by atoms with Crippen LogP contribution in [-0.4, -0.2) is 12.8 Å². The first-order valence-corrected chi connectivity index (χ1v) is 5.17. The smallest absolute Gasteiger partial charge is 0.397 e. The van der Waals surface area contributed by atoms with Crippen LogP contribution in [0.15, 0.2) is 24.3 Å². The fourth-order valence-corrected chi connectivity index (χ4v) is 1.56. The molecule has 0 aromatic heterocycles. The minimum Gasteiger partial charge on any atom is -0.491 e. The van der Waals surface area contributed by atoms with Crippen molar-refractivity contribution in [3.63, 3.8) is 0 Å². The third-order valence-corrected chi connectivity index (χ3v) is 2.97. The van der Waals surface area contributed by atoms with Crippen molar-refractivity contribution in [1.29, 1.82) is 5.26 Å². The SMILES string of the molecule is N#Cc1ccccc1OCC1(C(F)(F)F)CC1. The second-order valence-electron chi connectivity index (χ2n) is 4.17. The summed E-state index contributed by atoms with van der Waals surface area (Å²) < 4.78 is 43.0. The first-order chi connectivity index (χ1) is 7.98. The second kappa shape index (κ2) is 3.95. The van der Waals surface area contributed by atoms with Crippen molar-refractivity contribution < 1.29 is 17.9 Å². The largest absolute Gasteiger partial charge is 0.491 e. The first-order valence-electron chi connectivity index (χ1n) is 5.17. The van der Waals surface area contributed by atoms with Crippen LogP contribution in [0.5, 0.6) is 5.75 Å². The van der Waals surface area contributed by atoms with E-state index in [1.54, 1.807) is 12.1 Å². The van der Waals surface area contributed by atoms with E-state index in [2.05, 4.69) is 0 Å². The van der Waals surface area contributed by atoms with E-state index in [1.807, 2.05) is 6.07 Å². The number of ether oxygens (including phenoxy) is 1. The predicted molar refractivity (Wildman–Crippen MR) is 54.4 cm³/mol. The zero-order valence-corrected chi connectivity index (χ0v) is 8.92. The number of alkyl halides is 3. The van der Waals surface area contributed by atoms with Gasteiger partial charge in [0, 0.05) is 0 Å². The highest BCUT2D eigenvalue weighted by Gasteiger charge is 2.63. The molecule has 0 N–H and O–H groups in total. The van der Waals surface area contributed by atoms with Gasteiger partial charge >= 0.3 is 6.18 Å². The molecule has 2 nitrogen and oxygen atoms in total. The summed E-state index contributed by atoms with van der Waals surface area (Å²) in [5.41, 5.74) is -1.44. The molecular formula is C12H10F3NO. The maximum Gasteiger partial charge on any atom is 0.397 e. The quantitative estimate of drug-likeness (QED) is 0.813. The standard InChI is InChI=1S/C12H10F3NO/c13-12(14,15)11(5-6-11)8-17-10-4-2-1-3-9(10)7-16/h1-4H,5-6,8H2. The highest BCUT2D eigenvalue weighted by atomic mass is 19.4. The lowest BCUT2D eigenvalue weighted by Crippen LogP contribution is -2.30. The summed E-state index contributed by atoms with van der Waals surface area (Å²) in [6, 6.07) is 8.18. The van der Waals surface area contributed by atoms with Crippen LogP contribution in [0.1, 0.15) is 18.4 Å². The normalized spacial score (nSPS) is 17.3. The van der Waals surface area contributed by atoms with Crippen LogP contribution in [0.3, 0.4) is 0 Å². The van der Waals surface area contributed by atoms with Crippen molar-refractivity contribution in [2.45, 2.75) is 19.0 Å². The number of nitriles is 1. The average molecular weight is 241 g/mol. The summed E-state index contributed by atoms with van der Waals surface area (Å²) in [7, 11) is 0. The van der Waals surface area contributed by atoms with E-state index in [1.165, 1.54) is 12.1 Å². The van der Waals surface area contributed by atoms with Gasteiger partial charge in [0.2, 0.25) is 0 Å². The Hall–Kier alpha value is -1.70. The van der Waals surface area contributed by atoms with Crippen LogP contribution >= 0.6 is 0 Å². The number of hydrogen-bond acceptors (Lipinski definition) is 2. The lowest BCUT2D eigenvalue weighted by atomic mass is 10.1. The van der Waals surface area contributed by atoms with E-state index >= 15 is 0 Å². The van der Waals surface area contributed by atoms with Gasteiger partial charge in [-0.05, 0) is 25.0 Å². The highest BCUT2D eigenvalue weighted by molar-refractivity contribution is 5.42. The minimum absolute atomic E-state index is 0.102. The number of rotatable bonds is 3. The zero-order chi connectivity index (χ0) is 12.5. The molecule has 17 heavy (non-hydrogen) atoms. The van der Waals surface area contributed by atoms with Crippen LogP contribution in [0.4, 0.5) is 13.2 Å². The summed E-state index contributed by atoms with van der Waals surface area (Å²) in [5.74, 6) is 0.213. The predicted octanol–water partition coefficient (Wildman–Crippen LogP) is 3.28. The molecule has 0 saturated heterocycles. The Bertz CT molecular complexity index is 458. The average Bonchev–Trinajstić information content (AvgIpc) is 3.07. The molecule has 1 fully saturated rings. The summed E-state index contributed by atoms with van der Waals surface area (Å²) in [6.07, 6.45) is -4.02. The number of benzene rings is 1. The van der Waals surface area contributed by atoms with Crippen molar-refractivity contribution in [1.82, 2.24) is 0 Å². The number of para-hydroxylation sites is 1. The molecule has 0 amide bonds. The maximum atomic E-state index is 12.6. The third-order valence-electron chi connectivity index (χ3n) is 2.97. The Morgan fingerprint density at radius 3 is 2.47 bits per heavy atom. The molecule has 1 saturated carbocycles. The number of nitrogens with zero attached hydrogens (tertiary/aromatic N) is 1. The molecule has 1 aliphatic rings. The summed E-state index contributed by atoms with van der Waals surface area (Å²) >= 11 is 0. The molecule has 5 heteroatoms. The Balaban J connectivity index is 2.07. The fourth-order valence-electron chi connectivity index (χ4n) is 1.56. The van der Waals surface area contributed by atoms with Gasteiger partial charge in [-0.3, -0.25) is 0 Å². The maximum absolute atomic E-state index is 12.6. The van der Waals surface area contributed by atoms with Gasteiger partial charge in [-0.25, -0.2) is 0 Å². The number of halogens is 3. The van der Waals surface area contributed by atoms with Crippen molar-refractivity contribution in [3.8, 4) is 11.8 Å². The fraction of sp³-hybridized carbons (Fsp3) is 0.417. The molecule has 0 unspecified atom stereocenters. The molecule has 0 atom stereocenters. The van der Waals surface area contributed by atoms with E-state index in [9.17, 15) is 13.2 Å². The molecule has 1 aromatic rings. The van der Waals surface area contributed by atoms with E-state index in [4.69, 9.17) is 10.00 Å². The van der Waals surface area contributed by atoms with Crippen LogP contribution < -0.4 is 4.74 Å². The molecule has 0 radical (unpaired) electrons. The molecule has 90 valence electrons. The monoisotopic (exact) mass is 241 g/mol. The zero-order valence-electron chi connectivity index (χ0n) is 8.92. The van der Waals surface area contributed by atoms with Crippen LogP contribution in [-0.2, 0) is 0 Å². The summed E-state index contributed by atoms with van der Waals surface area (Å²) in [5, 5.41) is 8.77. The van der Waals surface area contributed by atoms with Gasteiger partial charge in [0.15, 0.2) is 0 Å². The second-order valence-corrected chi connectivity index (χ2v) is 4.17. The van der Waals surface area contributed by atoms with E-state index < -0.39 is 18.2 Å². The van der Waals surface area contributed by atoms with Crippen LogP contribution in [0.25, 0.3) is 0 Å². The van der Waals surface area contributed by atoms with Crippen molar-refractivity contribution >= 4 is 0 Å². The molecule has 0 spiro atoms. The molecule has 2 rings (SSSR count). The lowest BCUT2D eigenvalue weighted by Gasteiger charge is -2.19. The van der Waals surface area contributed by atoms with E-state index in [0.29, 0.717) is 0 Å². The van der Waals surface area contributed by atoms with Gasteiger partial charge in [-0.15, -0.1) is 0 Å². The van der Waals surface area contributed by atoms with Gasteiger partial charge in [0.1, 0.15) is 23.8 Å². The summed E-state index contributed by atoms with van der Waals surface area (Å²) in [4.78, 5) is 0. The Kier molecular flexibility index (Phi) is 2.74. The van der Waals surface area contributed by atoms with Gasteiger partial charge in [0.05, 0.1) is 5.56 Å². The van der Waals surface area contributed by atoms with E-state index in [0.717, 1.165) is 0 Å². The van der Waals surface area contributed by atoms with Gasteiger partial charge in [0.25, 0.3) is 0 Å². The highest BCUT2D eigenvalue weighted by Crippen LogP contribution is 2.57. The third kappa shape index (κ3) is 2.21.